The summed E-state index contributed by atoms with van der Waals surface area (Å²) in [6, 6.07) is 8.32. The van der Waals surface area contributed by atoms with Gasteiger partial charge in [0.25, 0.3) is 0 Å². The van der Waals surface area contributed by atoms with Crippen molar-refractivity contribution in [2.45, 2.75) is 33.1 Å². The van der Waals surface area contributed by atoms with Crippen molar-refractivity contribution in [3.63, 3.8) is 0 Å². The third kappa shape index (κ3) is 2.27. The minimum Gasteiger partial charge on any atom is -0.370 e. The first-order valence-corrected chi connectivity index (χ1v) is 7.38. The zero-order valence-corrected chi connectivity index (χ0v) is 12.6. The minimum atomic E-state index is 0.440. The Labute approximate surface area is 118 Å². The lowest BCUT2D eigenvalue weighted by Gasteiger charge is -2.27. The van der Waals surface area contributed by atoms with E-state index in [1.807, 2.05) is 12.1 Å². The SMILES string of the molecule is CCC1(CC)CCN(c2cccc(Br)c2C#N)C1. The fraction of sp³-hybridized carbons (Fsp3) is 0.533. The third-order valence-corrected chi connectivity index (χ3v) is 5.04. The van der Waals surface area contributed by atoms with E-state index >= 15 is 0 Å². The molecule has 0 saturated carbocycles. The second-order valence-electron chi connectivity index (χ2n) is 5.12. The summed E-state index contributed by atoms with van der Waals surface area (Å²) in [4.78, 5) is 2.37. The van der Waals surface area contributed by atoms with E-state index in [0.29, 0.717) is 5.41 Å². The first kappa shape index (κ1) is 13.4. The topological polar surface area (TPSA) is 27.0 Å². The van der Waals surface area contributed by atoms with E-state index in [0.717, 1.165) is 28.8 Å². The van der Waals surface area contributed by atoms with Gasteiger partial charge in [0.2, 0.25) is 0 Å². The second-order valence-corrected chi connectivity index (χ2v) is 5.98. The standard InChI is InChI=1S/C15H19BrN2/c1-3-15(4-2)8-9-18(11-15)14-7-5-6-13(16)12(14)10-17/h5-7H,3-4,8-9,11H2,1-2H3. The van der Waals surface area contributed by atoms with E-state index in [4.69, 9.17) is 0 Å². The van der Waals surface area contributed by atoms with E-state index in [9.17, 15) is 5.26 Å². The van der Waals surface area contributed by atoms with E-state index in [2.05, 4.69) is 46.8 Å². The van der Waals surface area contributed by atoms with Crippen molar-refractivity contribution in [1.29, 1.82) is 5.26 Å². The number of anilines is 1. The molecule has 3 heteroatoms. The highest BCUT2D eigenvalue weighted by Crippen LogP contribution is 2.40. The van der Waals surface area contributed by atoms with Crippen molar-refractivity contribution >= 4 is 21.6 Å². The molecule has 0 aliphatic carbocycles. The van der Waals surface area contributed by atoms with Gasteiger partial charge in [-0.25, -0.2) is 0 Å². The van der Waals surface area contributed by atoms with Crippen LogP contribution in [0.2, 0.25) is 0 Å². The van der Waals surface area contributed by atoms with Crippen LogP contribution in [0.25, 0.3) is 0 Å². The highest BCUT2D eigenvalue weighted by molar-refractivity contribution is 9.10. The molecule has 0 amide bonds. The zero-order chi connectivity index (χ0) is 13.2. The molecular formula is C15H19BrN2. The molecule has 1 aromatic rings. The van der Waals surface area contributed by atoms with E-state index in [-0.39, 0.29) is 0 Å². The zero-order valence-electron chi connectivity index (χ0n) is 11.0. The Bertz CT molecular complexity index is 472. The number of hydrogen-bond donors (Lipinski definition) is 0. The van der Waals surface area contributed by atoms with Gasteiger partial charge < -0.3 is 4.90 Å². The molecular weight excluding hydrogens is 288 g/mol. The summed E-state index contributed by atoms with van der Waals surface area (Å²) in [5.74, 6) is 0. The van der Waals surface area contributed by atoms with Crippen LogP contribution in [0.3, 0.4) is 0 Å². The molecule has 2 nitrogen and oxygen atoms in total. The van der Waals surface area contributed by atoms with E-state index in [1.165, 1.54) is 19.3 Å². The lowest BCUT2D eigenvalue weighted by atomic mass is 9.82. The molecule has 1 aliphatic rings. The van der Waals surface area contributed by atoms with E-state index < -0.39 is 0 Å². The molecule has 0 radical (unpaired) electrons. The van der Waals surface area contributed by atoms with Gasteiger partial charge in [-0.3, -0.25) is 0 Å². The molecule has 0 spiro atoms. The Kier molecular flexibility index (Phi) is 3.97. The number of benzene rings is 1. The van der Waals surface area contributed by atoms with Gasteiger partial charge in [-0.15, -0.1) is 0 Å². The Morgan fingerprint density at radius 3 is 2.67 bits per heavy atom. The molecule has 1 saturated heterocycles. The highest BCUT2D eigenvalue weighted by Gasteiger charge is 2.35. The van der Waals surface area contributed by atoms with Crippen LogP contribution < -0.4 is 4.90 Å². The fourth-order valence-corrected chi connectivity index (χ4v) is 3.30. The Balaban J connectivity index is 2.30. The van der Waals surface area contributed by atoms with Gasteiger partial charge in [0.1, 0.15) is 6.07 Å². The lowest BCUT2D eigenvalue weighted by molar-refractivity contribution is 0.301. The highest BCUT2D eigenvalue weighted by atomic mass is 79.9. The third-order valence-electron chi connectivity index (χ3n) is 4.38. The Morgan fingerprint density at radius 2 is 2.11 bits per heavy atom. The predicted molar refractivity (Wildman–Crippen MR) is 78.7 cm³/mol. The molecule has 1 fully saturated rings. The smallest absolute Gasteiger partial charge is 0.103 e. The summed E-state index contributed by atoms with van der Waals surface area (Å²) in [6.45, 7) is 6.69. The maximum Gasteiger partial charge on any atom is 0.103 e. The summed E-state index contributed by atoms with van der Waals surface area (Å²) in [7, 11) is 0. The Hall–Kier alpha value is -1.01. The summed E-state index contributed by atoms with van der Waals surface area (Å²) < 4.78 is 0.896. The van der Waals surface area contributed by atoms with Crippen LogP contribution in [-0.4, -0.2) is 13.1 Å². The molecule has 1 aromatic carbocycles. The van der Waals surface area contributed by atoms with Crippen LogP contribution >= 0.6 is 15.9 Å². The second kappa shape index (κ2) is 5.32. The van der Waals surface area contributed by atoms with Crippen molar-refractivity contribution in [1.82, 2.24) is 0 Å². The number of hydrogen-bond acceptors (Lipinski definition) is 2. The molecule has 0 bridgehead atoms. The van der Waals surface area contributed by atoms with Crippen molar-refractivity contribution in [3.8, 4) is 6.07 Å². The lowest BCUT2D eigenvalue weighted by Crippen LogP contribution is -2.26. The van der Waals surface area contributed by atoms with Crippen LogP contribution in [0.15, 0.2) is 22.7 Å². The monoisotopic (exact) mass is 306 g/mol. The molecule has 0 N–H and O–H groups in total. The summed E-state index contributed by atoms with van der Waals surface area (Å²) in [6.07, 6.45) is 3.67. The molecule has 18 heavy (non-hydrogen) atoms. The van der Waals surface area contributed by atoms with Crippen molar-refractivity contribution < 1.29 is 0 Å². The summed E-state index contributed by atoms with van der Waals surface area (Å²) >= 11 is 3.47. The average Bonchev–Trinajstić information content (AvgIpc) is 2.83. The van der Waals surface area contributed by atoms with Crippen LogP contribution in [0.4, 0.5) is 5.69 Å². The van der Waals surface area contributed by atoms with Crippen LogP contribution in [0.5, 0.6) is 0 Å². The molecule has 0 atom stereocenters. The molecule has 2 rings (SSSR count). The first-order valence-electron chi connectivity index (χ1n) is 6.59. The van der Waals surface area contributed by atoms with Crippen molar-refractivity contribution in [2.75, 3.05) is 18.0 Å². The summed E-state index contributed by atoms with van der Waals surface area (Å²) in [5.41, 5.74) is 2.28. The Morgan fingerprint density at radius 1 is 1.39 bits per heavy atom. The normalized spacial score (nSPS) is 17.8. The molecule has 0 unspecified atom stereocenters. The molecule has 1 heterocycles. The number of rotatable bonds is 3. The van der Waals surface area contributed by atoms with Crippen LogP contribution in [-0.2, 0) is 0 Å². The van der Waals surface area contributed by atoms with Gasteiger partial charge in [0.05, 0.1) is 11.3 Å². The maximum absolute atomic E-state index is 9.30. The largest absolute Gasteiger partial charge is 0.370 e. The number of nitriles is 1. The average molecular weight is 307 g/mol. The molecule has 1 aliphatic heterocycles. The number of halogens is 1. The number of nitrogens with zero attached hydrogens (tertiary/aromatic N) is 2. The molecule has 96 valence electrons. The van der Waals surface area contributed by atoms with Gasteiger partial charge >= 0.3 is 0 Å². The maximum atomic E-state index is 9.30. The van der Waals surface area contributed by atoms with Gasteiger partial charge in [0, 0.05) is 17.6 Å². The van der Waals surface area contributed by atoms with Crippen LogP contribution in [0, 0.1) is 16.7 Å². The van der Waals surface area contributed by atoms with E-state index in [1.54, 1.807) is 0 Å². The van der Waals surface area contributed by atoms with Crippen molar-refractivity contribution in [3.05, 3.63) is 28.2 Å². The van der Waals surface area contributed by atoms with Gasteiger partial charge in [0.15, 0.2) is 0 Å². The summed E-state index contributed by atoms with van der Waals surface area (Å²) in [5, 5.41) is 9.30. The van der Waals surface area contributed by atoms with Crippen LogP contribution in [0.1, 0.15) is 38.7 Å². The van der Waals surface area contributed by atoms with Gasteiger partial charge in [-0.2, -0.15) is 5.26 Å². The van der Waals surface area contributed by atoms with Gasteiger partial charge in [-0.05, 0) is 52.7 Å². The first-order chi connectivity index (χ1) is 8.65. The predicted octanol–water partition coefficient (Wildman–Crippen LogP) is 4.34. The van der Waals surface area contributed by atoms with Gasteiger partial charge in [-0.1, -0.05) is 19.9 Å². The molecule has 0 aromatic heterocycles. The van der Waals surface area contributed by atoms with Crippen molar-refractivity contribution in [2.24, 2.45) is 5.41 Å². The fourth-order valence-electron chi connectivity index (χ4n) is 2.85. The quantitative estimate of drug-likeness (QED) is 0.830. The minimum absolute atomic E-state index is 0.440.